The van der Waals surface area contributed by atoms with Crippen LogP contribution >= 0.6 is 11.8 Å². The monoisotopic (exact) mass is 484 g/mol. The van der Waals surface area contributed by atoms with E-state index >= 15 is 0 Å². The van der Waals surface area contributed by atoms with Crippen LogP contribution in [0.5, 0.6) is 0 Å². The third-order valence-electron chi connectivity index (χ3n) is 6.12. The molecule has 4 rings (SSSR count). The Morgan fingerprint density at radius 3 is 2.68 bits per heavy atom. The predicted molar refractivity (Wildman–Crippen MR) is 133 cm³/mol. The van der Waals surface area contributed by atoms with Crippen molar-refractivity contribution >= 4 is 29.5 Å². The number of morpholine rings is 1. The summed E-state index contributed by atoms with van der Waals surface area (Å²) in [6, 6.07) is 5.69. The summed E-state index contributed by atoms with van der Waals surface area (Å²) in [6.07, 6.45) is 1.02. The fraction of sp³-hybridized carbons (Fsp3) is 0.500. The number of nitrogens with one attached hydrogen (secondary N) is 2. The standard InChI is InChI=1S/C24H32N6O3S/c1-15-11-16(2)19-12-18(15)20-13-22(29-24(25)28-20)34-10-4-21(31)27-17(3-5-26-23(19)32)14-30-6-8-33-9-7-30/h11-13,17H,3-10,14H2,1-2H3,(H,26,32)(H,27,31)(H2,25,28,29)/t17-/m0/s1. The summed E-state index contributed by atoms with van der Waals surface area (Å²) >= 11 is 1.48. The third-order valence-corrected chi connectivity index (χ3v) is 7.03. The zero-order valence-corrected chi connectivity index (χ0v) is 20.5. The molecule has 1 atom stereocenters. The SMILES string of the molecule is Cc1cc(C)c2cc1C(=O)NCC[C@@H](CN1CCOCC1)NC(=O)CCSc1cc-2nc(N)n1. The number of aromatic nitrogens is 2. The molecular weight excluding hydrogens is 452 g/mol. The molecule has 34 heavy (non-hydrogen) atoms. The van der Waals surface area contributed by atoms with Crippen LogP contribution in [-0.4, -0.2) is 77.9 Å². The van der Waals surface area contributed by atoms with E-state index in [1.165, 1.54) is 11.8 Å². The lowest BCUT2D eigenvalue weighted by molar-refractivity contribution is -0.121. The summed E-state index contributed by atoms with van der Waals surface area (Å²) in [5, 5.41) is 6.91. The van der Waals surface area contributed by atoms with Crippen LogP contribution in [0.2, 0.25) is 0 Å². The van der Waals surface area contributed by atoms with Gasteiger partial charge in [0.1, 0.15) is 5.03 Å². The van der Waals surface area contributed by atoms with Gasteiger partial charge in [0.15, 0.2) is 0 Å². The van der Waals surface area contributed by atoms with E-state index in [2.05, 4.69) is 25.5 Å². The Kier molecular flexibility index (Phi) is 8.02. The Bertz CT molecular complexity index is 1060. The molecule has 1 aromatic heterocycles. The average Bonchev–Trinajstić information content (AvgIpc) is 2.78. The van der Waals surface area contributed by atoms with E-state index in [0.717, 1.165) is 36.3 Å². The second-order valence-corrected chi connectivity index (χ2v) is 9.87. The number of fused-ring (bicyclic) bond motifs is 5. The Balaban J connectivity index is 1.60. The number of anilines is 1. The number of benzene rings is 1. The number of nitrogens with zero attached hydrogens (tertiary/aromatic N) is 3. The molecule has 0 saturated carbocycles. The highest BCUT2D eigenvalue weighted by Crippen LogP contribution is 2.29. The summed E-state index contributed by atoms with van der Waals surface area (Å²) in [7, 11) is 0. The first kappa shape index (κ1) is 24.4. The van der Waals surface area contributed by atoms with Crippen LogP contribution in [0.4, 0.5) is 5.95 Å². The van der Waals surface area contributed by atoms with Gasteiger partial charge in [-0.05, 0) is 43.5 Å². The second-order valence-electron chi connectivity index (χ2n) is 8.75. The lowest BCUT2D eigenvalue weighted by atomic mass is 9.97. The Morgan fingerprint density at radius 1 is 1.12 bits per heavy atom. The van der Waals surface area contributed by atoms with E-state index in [9.17, 15) is 9.59 Å². The van der Waals surface area contributed by atoms with Gasteiger partial charge in [-0.2, -0.15) is 0 Å². The minimum absolute atomic E-state index is 0.0108. The molecule has 4 N–H and O–H groups in total. The normalized spacial score (nSPS) is 20.5. The van der Waals surface area contributed by atoms with E-state index in [1.54, 1.807) is 0 Å². The fourth-order valence-electron chi connectivity index (χ4n) is 4.34. The molecule has 1 saturated heterocycles. The number of hydrogen-bond donors (Lipinski definition) is 3. The number of hydrogen-bond acceptors (Lipinski definition) is 8. The highest BCUT2D eigenvalue weighted by Gasteiger charge is 2.20. The Hall–Kier alpha value is -2.69. The maximum absolute atomic E-state index is 13.1. The molecule has 9 nitrogen and oxygen atoms in total. The van der Waals surface area contributed by atoms with E-state index in [0.29, 0.717) is 54.6 Å². The highest BCUT2D eigenvalue weighted by atomic mass is 32.2. The number of carbonyl (C=O) groups is 2. The van der Waals surface area contributed by atoms with Crippen molar-refractivity contribution in [2.24, 2.45) is 0 Å². The first-order valence-corrected chi connectivity index (χ1v) is 12.6. The second kappa shape index (κ2) is 11.2. The van der Waals surface area contributed by atoms with Gasteiger partial charge >= 0.3 is 0 Å². The summed E-state index contributed by atoms with van der Waals surface area (Å²) in [5.74, 6) is 0.602. The molecule has 2 aliphatic heterocycles. The van der Waals surface area contributed by atoms with Gasteiger partial charge in [-0.3, -0.25) is 14.5 Å². The molecule has 182 valence electrons. The van der Waals surface area contributed by atoms with Crippen molar-refractivity contribution in [2.45, 2.75) is 37.8 Å². The van der Waals surface area contributed by atoms with Crippen molar-refractivity contribution in [3.05, 3.63) is 34.9 Å². The fourth-order valence-corrected chi connectivity index (χ4v) is 5.19. The highest BCUT2D eigenvalue weighted by molar-refractivity contribution is 7.99. The number of carbonyl (C=O) groups excluding carboxylic acids is 2. The zero-order valence-electron chi connectivity index (χ0n) is 19.7. The van der Waals surface area contributed by atoms with Crippen LogP contribution in [0.25, 0.3) is 11.3 Å². The van der Waals surface area contributed by atoms with Crippen molar-refractivity contribution in [3.63, 3.8) is 0 Å². The topological polar surface area (TPSA) is 122 Å². The van der Waals surface area contributed by atoms with Crippen molar-refractivity contribution in [2.75, 3.05) is 50.9 Å². The lowest BCUT2D eigenvalue weighted by Gasteiger charge is -2.31. The van der Waals surface area contributed by atoms with Gasteiger partial charge in [0, 0.05) is 55.5 Å². The molecular formula is C24H32N6O3S. The van der Waals surface area contributed by atoms with Gasteiger partial charge in [0.05, 0.1) is 18.9 Å². The molecule has 0 unspecified atom stereocenters. The van der Waals surface area contributed by atoms with Crippen LogP contribution in [-0.2, 0) is 9.53 Å². The van der Waals surface area contributed by atoms with Crippen LogP contribution < -0.4 is 16.4 Å². The minimum atomic E-state index is -0.140. The molecule has 10 heteroatoms. The molecule has 0 radical (unpaired) electrons. The molecule has 0 aliphatic carbocycles. The van der Waals surface area contributed by atoms with E-state index in [4.69, 9.17) is 10.5 Å². The Labute approximate surface area is 204 Å². The number of rotatable bonds is 2. The minimum Gasteiger partial charge on any atom is -0.379 e. The van der Waals surface area contributed by atoms with E-state index in [1.807, 2.05) is 32.0 Å². The molecule has 2 aromatic rings. The first-order valence-electron chi connectivity index (χ1n) is 11.7. The van der Waals surface area contributed by atoms with Gasteiger partial charge in [-0.25, -0.2) is 9.97 Å². The molecule has 3 heterocycles. The van der Waals surface area contributed by atoms with Crippen molar-refractivity contribution in [1.82, 2.24) is 25.5 Å². The van der Waals surface area contributed by atoms with Crippen molar-refractivity contribution < 1.29 is 14.3 Å². The number of amides is 2. The summed E-state index contributed by atoms with van der Waals surface area (Å²) in [4.78, 5) is 36.8. The van der Waals surface area contributed by atoms with Crippen LogP contribution in [0, 0.1) is 13.8 Å². The van der Waals surface area contributed by atoms with Gasteiger partial charge in [0.2, 0.25) is 11.9 Å². The number of nitrogens with two attached hydrogens (primary N) is 1. The molecule has 2 amide bonds. The molecule has 0 spiro atoms. The maximum atomic E-state index is 13.1. The summed E-state index contributed by atoms with van der Waals surface area (Å²) in [5.41, 5.74) is 10.0. The Morgan fingerprint density at radius 2 is 1.88 bits per heavy atom. The quantitative estimate of drug-likeness (QED) is 0.552. The zero-order chi connectivity index (χ0) is 24.1. The average molecular weight is 485 g/mol. The van der Waals surface area contributed by atoms with E-state index in [-0.39, 0.29) is 23.8 Å². The number of ether oxygens (including phenoxy) is 1. The largest absolute Gasteiger partial charge is 0.379 e. The molecule has 2 aliphatic rings. The number of nitrogen functional groups attached to an aromatic ring is 1. The molecule has 1 fully saturated rings. The van der Waals surface area contributed by atoms with Gasteiger partial charge in [-0.15, -0.1) is 11.8 Å². The third kappa shape index (κ3) is 6.25. The number of thioether (sulfide) groups is 1. The lowest BCUT2D eigenvalue weighted by Crippen LogP contribution is -2.48. The van der Waals surface area contributed by atoms with Crippen LogP contribution in [0.15, 0.2) is 23.2 Å². The van der Waals surface area contributed by atoms with Crippen molar-refractivity contribution in [1.29, 1.82) is 0 Å². The number of aryl methyl sites for hydroxylation is 2. The molecule has 4 bridgehead atoms. The van der Waals surface area contributed by atoms with Gasteiger partial charge in [-0.1, -0.05) is 6.07 Å². The van der Waals surface area contributed by atoms with Crippen LogP contribution in [0.3, 0.4) is 0 Å². The first-order chi connectivity index (χ1) is 16.4. The van der Waals surface area contributed by atoms with Crippen molar-refractivity contribution in [3.8, 4) is 11.3 Å². The predicted octanol–water partition coefficient (Wildman–Crippen LogP) is 1.78. The summed E-state index contributed by atoms with van der Waals surface area (Å²) < 4.78 is 5.44. The summed E-state index contributed by atoms with van der Waals surface area (Å²) in [6.45, 7) is 8.22. The maximum Gasteiger partial charge on any atom is 0.251 e. The van der Waals surface area contributed by atoms with E-state index < -0.39 is 0 Å². The van der Waals surface area contributed by atoms with Gasteiger partial charge in [0.25, 0.3) is 5.91 Å². The van der Waals surface area contributed by atoms with Gasteiger partial charge < -0.3 is 21.1 Å². The van der Waals surface area contributed by atoms with Crippen LogP contribution in [0.1, 0.15) is 34.3 Å². The smallest absolute Gasteiger partial charge is 0.251 e. The molecule has 1 aromatic carbocycles.